The second kappa shape index (κ2) is 9.12. The van der Waals surface area contributed by atoms with Crippen molar-refractivity contribution in [3.8, 4) is 11.5 Å². The average Bonchev–Trinajstić information content (AvgIpc) is 3.10. The van der Waals surface area contributed by atoms with Gasteiger partial charge in [0.15, 0.2) is 5.11 Å². The Morgan fingerprint density at radius 2 is 1.73 bits per heavy atom. The minimum Gasteiger partial charge on any atom is -0.497 e. The highest BCUT2D eigenvalue weighted by atomic mass is 32.1. The molecule has 0 unspecified atom stereocenters. The summed E-state index contributed by atoms with van der Waals surface area (Å²) in [6, 6.07) is 17.2. The van der Waals surface area contributed by atoms with Crippen LogP contribution < -0.4 is 20.1 Å². The van der Waals surface area contributed by atoms with Gasteiger partial charge in [0.25, 0.3) is 0 Å². The van der Waals surface area contributed by atoms with Gasteiger partial charge in [-0.25, -0.2) is 0 Å². The molecule has 0 saturated carbocycles. The van der Waals surface area contributed by atoms with Gasteiger partial charge >= 0.3 is 0 Å². The zero-order valence-corrected chi connectivity index (χ0v) is 15.8. The van der Waals surface area contributed by atoms with Crippen LogP contribution in [0.4, 0.5) is 10.8 Å². The van der Waals surface area contributed by atoms with Gasteiger partial charge in [0.2, 0.25) is 5.13 Å². The van der Waals surface area contributed by atoms with Crippen molar-refractivity contribution in [2.24, 2.45) is 0 Å². The van der Waals surface area contributed by atoms with Crippen LogP contribution in [0.5, 0.6) is 11.5 Å². The molecule has 0 bridgehead atoms. The van der Waals surface area contributed by atoms with Crippen molar-refractivity contribution in [2.75, 3.05) is 24.4 Å². The van der Waals surface area contributed by atoms with Gasteiger partial charge in [0.05, 0.1) is 13.7 Å². The maximum atomic E-state index is 5.70. The smallest absolute Gasteiger partial charge is 0.211 e. The summed E-state index contributed by atoms with van der Waals surface area (Å²) < 4.78 is 10.8. The second-order valence-corrected chi connectivity index (χ2v) is 6.69. The minimum atomic E-state index is 0.480. The molecule has 6 nitrogen and oxygen atoms in total. The lowest BCUT2D eigenvalue weighted by molar-refractivity contribution is 0.320. The van der Waals surface area contributed by atoms with Gasteiger partial charge in [0.1, 0.15) is 16.5 Å². The highest BCUT2D eigenvalue weighted by molar-refractivity contribution is 7.80. The molecule has 8 heteroatoms. The molecule has 134 valence electrons. The highest BCUT2D eigenvalue weighted by Gasteiger charge is 2.06. The first-order valence-corrected chi connectivity index (χ1v) is 9.18. The van der Waals surface area contributed by atoms with E-state index >= 15 is 0 Å². The van der Waals surface area contributed by atoms with Crippen LogP contribution in [-0.4, -0.2) is 29.0 Å². The molecular formula is C18H18N4O2S2. The number of methoxy groups -OCH3 is 1. The van der Waals surface area contributed by atoms with Crippen LogP contribution in [0.25, 0.3) is 0 Å². The lowest BCUT2D eigenvalue weighted by Crippen LogP contribution is -2.18. The predicted octanol–water partition coefficient (Wildman–Crippen LogP) is 3.98. The van der Waals surface area contributed by atoms with Gasteiger partial charge < -0.3 is 20.1 Å². The lowest BCUT2D eigenvalue weighted by atomic mass is 10.3. The third-order valence-corrected chi connectivity index (χ3v) is 4.47. The van der Waals surface area contributed by atoms with Crippen LogP contribution in [0.15, 0.2) is 54.6 Å². The van der Waals surface area contributed by atoms with Crippen LogP contribution in [0.3, 0.4) is 0 Å². The SMILES string of the molecule is COc1ccc(OCCc2nnc(NC(=S)Nc3ccccc3)s2)cc1. The lowest BCUT2D eigenvalue weighted by Gasteiger charge is -2.07. The van der Waals surface area contributed by atoms with Gasteiger partial charge in [-0.05, 0) is 48.6 Å². The molecule has 0 fully saturated rings. The summed E-state index contributed by atoms with van der Waals surface area (Å²) in [6.07, 6.45) is 0.671. The Morgan fingerprint density at radius 3 is 2.46 bits per heavy atom. The number of hydrogen-bond acceptors (Lipinski definition) is 6. The van der Waals surface area contributed by atoms with E-state index < -0.39 is 0 Å². The summed E-state index contributed by atoms with van der Waals surface area (Å²) in [5.41, 5.74) is 0.919. The van der Waals surface area contributed by atoms with Crippen LogP contribution in [-0.2, 0) is 6.42 Å². The average molecular weight is 387 g/mol. The largest absolute Gasteiger partial charge is 0.497 e. The first-order chi connectivity index (χ1) is 12.7. The third-order valence-electron chi connectivity index (χ3n) is 3.36. The Labute approximate surface area is 161 Å². The third kappa shape index (κ3) is 5.40. The van der Waals surface area contributed by atoms with Crippen LogP contribution in [0, 0.1) is 0 Å². The maximum absolute atomic E-state index is 5.70. The molecular weight excluding hydrogens is 368 g/mol. The zero-order chi connectivity index (χ0) is 18.2. The molecule has 2 aromatic carbocycles. The summed E-state index contributed by atoms with van der Waals surface area (Å²) in [7, 11) is 1.64. The van der Waals surface area contributed by atoms with E-state index in [0.29, 0.717) is 23.3 Å². The van der Waals surface area contributed by atoms with E-state index in [0.717, 1.165) is 22.2 Å². The number of para-hydroxylation sites is 1. The van der Waals surface area contributed by atoms with Gasteiger partial charge in [-0.3, -0.25) is 0 Å². The van der Waals surface area contributed by atoms with Gasteiger partial charge in [-0.2, -0.15) is 0 Å². The Hall–Kier alpha value is -2.71. The van der Waals surface area contributed by atoms with Crippen LogP contribution >= 0.6 is 23.6 Å². The highest BCUT2D eigenvalue weighted by Crippen LogP contribution is 2.19. The Morgan fingerprint density at radius 1 is 1.00 bits per heavy atom. The fourth-order valence-electron chi connectivity index (χ4n) is 2.11. The second-order valence-electron chi connectivity index (χ2n) is 5.22. The number of nitrogens with one attached hydrogen (secondary N) is 2. The van der Waals surface area contributed by atoms with Gasteiger partial charge in [-0.1, -0.05) is 29.5 Å². The number of ether oxygens (including phenoxy) is 2. The number of benzene rings is 2. The van der Waals surface area contributed by atoms with Crippen LogP contribution in [0.2, 0.25) is 0 Å². The van der Waals surface area contributed by atoms with Gasteiger partial charge in [-0.15, -0.1) is 10.2 Å². The quantitative estimate of drug-likeness (QED) is 0.595. The molecule has 0 aliphatic rings. The molecule has 1 heterocycles. The molecule has 0 atom stereocenters. The molecule has 0 spiro atoms. The van der Waals surface area contributed by atoms with E-state index in [1.807, 2.05) is 54.6 Å². The monoisotopic (exact) mass is 386 g/mol. The van der Waals surface area contributed by atoms with E-state index in [-0.39, 0.29) is 0 Å². The van der Waals surface area contributed by atoms with Crippen molar-refractivity contribution in [2.45, 2.75) is 6.42 Å². The molecule has 0 aliphatic heterocycles. The summed E-state index contributed by atoms with van der Waals surface area (Å²) in [5.74, 6) is 1.60. The zero-order valence-electron chi connectivity index (χ0n) is 14.1. The van der Waals surface area contributed by atoms with Crippen molar-refractivity contribution in [3.63, 3.8) is 0 Å². The first kappa shape index (κ1) is 18.1. The summed E-state index contributed by atoms with van der Waals surface area (Å²) in [5, 5.41) is 16.4. The molecule has 3 rings (SSSR count). The number of rotatable bonds is 7. The number of anilines is 2. The van der Waals surface area contributed by atoms with Crippen molar-refractivity contribution >= 4 is 39.5 Å². The van der Waals surface area contributed by atoms with Crippen LogP contribution in [0.1, 0.15) is 5.01 Å². The van der Waals surface area contributed by atoms with E-state index in [4.69, 9.17) is 21.7 Å². The molecule has 0 amide bonds. The standard InChI is InChI=1S/C18H18N4O2S2/c1-23-14-7-9-15(10-8-14)24-12-11-16-21-22-18(26-16)20-17(25)19-13-5-3-2-4-6-13/h2-10H,11-12H2,1H3,(H2,19,20,22,25). The van der Waals surface area contributed by atoms with Crippen molar-refractivity contribution in [1.82, 2.24) is 10.2 Å². The van der Waals surface area contributed by atoms with Gasteiger partial charge in [0, 0.05) is 12.1 Å². The number of nitrogens with zero attached hydrogens (tertiary/aromatic N) is 2. The molecule has 1 aromatic heterocycles. The number of thiocarbonyl (C=S) groups is 1. The summed E-state index contributed by atoms with van der Waals surface area (Å²) in [4.78, 5) is 0. The van der Waals surface area contributed by atoms with Crippen molar-refractivity contribution in [1.29, 1.82) is 0 Å². The fourth-order valence-corrected chi connectivity index (χ4v) is 3.12. The Bertz CT molecular complexity index is 838. The molecule has 26 heavy (non-hydrogen) atoms. The van der Waals surface area contributed by atoms with E-state index in [2.05, 4.69) is 20.8 Å². The normalized spacial score (nSPS) is 10.2. The molecule has 0 radical (unpaired) electrons. The molecule has 2 N–H and O–H groups in total. The van der Waals surface area contributed by atoms with E-state index in [1.165, 1.54) is 11.3 Å². The first-order valence-electron chi connectivity index (χ1n) is 7.95. The van der Waals surface area contributed by atoms with Crippen molar-refractivity contribution in [3.05, 3.63) is 59.6 Å². The summed E-state index contributed by atoms with van der Waals surface area (Å²) in [6.45, 7) is 0.522. The van der Waals surface area contributed by atoms with E-state index in [9.17, 15) is 0 Å². The fraction of sp³-hybridized carbons (Fsp3) is 0.167. The summed E-state index contributed by atoms with van der Waals surface area (Å²) >= 11 is 6.73. The molecule has 3 aromatic rings. The van der Waals surface area contributed by atoms with Crippen molar-refractivity contribution < 1.29 is 9.47 Å². The predicted molar refractivity (Wildman–Crippen MR) is 108 cm³/mol. The Balaban J connectivity index is 1.44. The maximum Gasteiger partial charge on any atom is 0.211 e. The molecule has 0 aliphatic carbocycles. The number of hydrogen-bond donors (Lipinski definition) is 2. The minimum absolute atomic E-state index is 0.480. The van der Waals surface area contributed by atoms with E-state index in [1.54, 1.807) is 7.11 Å². The number of aromatic nitrogens is 2. The topological polar surface area (TPSA) is 68.3 Å². The Kier molecular flexibility index (Phi) is 6.34. The molecule has 0 saturated heterocycles.